The van der Waals surface area contributed by atoms with Gasteiger partial charge in [-0.25, -0.2) is 4.39 Å². The van der Waals surface area contributed by atoms with E-state index in [9.17, 15) is 12.8 Å². The van der Waals surface area contributed by atoms with Crippen molar-refractivity contribution in [2.75, 3.05) is 20.1 Å². The molecule has 1 heterocycles. The molecule has 2 rings (SSSR count). The third-order valence-corrected chi connectivity index (χ3v) is 5.29. The van der Waals surface area contributed by atoms with Crippen molar-refractivity contribution in [1.82, 2.24) is 8.61 Å². The Morgan fingerprint density at radius 1 is 1.24 bits per heavy atom. The van der Waals surface area contributed by atoms with Crippen LogP contribution >= 0.6 is 0 Å². The van der Waals surface area contributed by atoms with Crippen LogP contribution in [0.15, 0.2) is 24.3 Å². The van der Waals surface area contributed by atoms with Gasteiger partial charge in [0, 0.05) is 26.7 Å². The summed E-state index contributed by atoms with van der Waals surface area (Å²) in [6.07, 6.45) is -0.245. The number of morpholine rings is 1. The van der Waals surface area contributed by atoms with Crippen molar-refractivity contribution in [2.45, 2.75) is 32.6 Å². The van der Waals surface area contributed by atoms with Crippen molar-refractivity contribution >= 4 is 10.2 Å². The van der Waals surface area contributed by atoms with Crippen molar-refractivity contribution in [3.05, 3.63) is 35.6 Å². The van der Waals surface area contributed by atoms with E-state index in [0.717, 1.165) is 5.56 Å². The van der Waals surface area contributed by atoms with Crippen LogP contribution in [0.25, 0.3) is 0 Å². The molecule has 1 saturated heterocycles. The van der Waals surface area contributed by atoms with Crippen molar-refractivity contribution in [3.8, 4) is 0 Å². The summed E-state index contributed by atoms with van der Waals surface area (Å²) in [6, 6.07) is 5.83. The zero-order valence-corrected chi connectivity index (χ0v) is 13.3. The highest BCUT2D eigenvalue weighted by Crippen LogP contribution is 2.18. The SMILES string of the molecule is CC1CN(S(=O)(=O)N(C)Cc2ccc(F)cc2)CC(C)O1. The number of rotatable bonds is 4. The molecule has 7 heteroatoms. The number of nitrogens with zero attached hydrogens (tertiary/aromatic N) is 2. The van der Waals surface area contributed by atoms with Crippen LogP contribution < -0.4 is 0 Å². The molecule has 0 radical (unpaired) electrons. The minimum atomic E-state index is -3.54. The summed E-state index contributed by atoms with van der Waals surface area (Å²) in [5, 5.41) is 0. The molecule has 0 N–H and O–H groups in total. The summed E-state index contributed by atoms with van der Waals surface area (Å²) in [5.74, 6) is -0.333. The monoisotopic (exact) mass is 316 g/mol. The predicted octanol–water partition coefficient (Wildman–Crippen LogP) is 1.61. The maximum atomic E-state index is 12.9. The lowest BCUT2D eigenvalue weighted by Gasteiger charge is -2.36. The molecule has 118 valence electrons. The molecule has 21 heavy (non-hydrogen) atoms. The van der Waals surface area contributed by atoms with Gasteiger partial charge in [-0.1, -0.05) is 12.1 Å². The molecular formula is C14H21FN2O3S. The standard InChI is InChI=1S/C14H21FN2O3S/c1-11-8-17(9-12(2)20-11)21(18,19)16(3)10-13-4-6-14(15)7-5-13/h4-7,11-12H,8-10H2,1-3H3. The molecule has 2 unspecified atom stereocenters. The van der Waals surface area contributed by atoms with E-state index >= 15 is 0 Å². The Balaban J connectivity index is 2.09. The minimum Gasteiger partial charge on any atom is -0.373 e. The van der Waals surface area contributed by atoms with Gasteiger partial charge >= 0.3 is 0 Å². The maximum Gasteiger partial charge on any atom is 0.282 e. The molecule has 0 aromatic heterocycles. The van der Waals surface area contributed by atoms with E-state index in [4.69, 9.17) is 4.74 Å². The van der Waals surface area contributed by atoms with Crippen LogP contribution in [0.1, 0.15) is 19.4 Å². The highest BCUT2D eigenvalue weighted by Gasteiger charge is 2.33. The zero-order chi connectivity index (χ0) is 15.6. The molecular weight excluding hydrogens is 295 g/mol. The summed E-state index contributed by atoms with van der Waals surface area (Å²) in [5.41, 5.74) is 0.747. The van der Waals surface area contributed by atoms with E-state index in [1.807, 2.05) is 13.8 Å². The molecule has 0 bridgehead atoms. The highest BCUT2D eigenvalue weighted by atomic mass is 32.2. The lowest BCUT2D eigenvalue weighted by molar-refractivity contribution is -0.0453. The van der Waals surface area contributed by atoms with Crippen LogP contribution in [0.3, 0.4) is 0 Å². The Bertz CT molecular complexity index is 566. The first-order valence-corrected chi connectivity index (χ1v) is 8.30. The molecule has 1 aromatic carbocycles. The third kappa shape index (κ3) is 4.00. The fourth-order valence-electron chi connectivity index (χ4n) is 2.44. The van der Waals surface area contributed by atoms with E-state index < -0.39 is 10.2 Å². The molecule has 5 nitrogen and oxygen atoms in total. The van der Waals surface area contributed by atoms with Gasteiger partial charge in [0.25, 0.3) is 10.2 Å². The molecule has 1 aromatic rings. The number of ether oxygens (including phenoxy) is 1. The average molecular weight is 316 g/mol. The largest absolute Gasteiger partial charge is 0.373 e. The number of benzene rings is 1. The van der Waals surface area contributed by atoms with Crippen LogP contribution in [0.4, 0.5) is 4.39 Å². The van der Waals surface area contributed by atoms with Crippen LogP contribution in [0.2, 0.25) is 0 Å². The van der Waals surface area contributed by atoms with E-state index in [2.05, 4.69) is 0 Å². The molecule has 0 saturated carbocycles. The smallest absolute Gasteiger partial charge is 0.282 e. The average Bonchev–Trinajstić information content (AvgIpc) is 2.40. The van der Waals surface area contributed by atoms with Crippen molar-refractivity contribution < 1.29 is 17.5 Å². The molecule has 1 fully saturated rings. The molecule has 2 atom stereocenters. The second-order valence-electron chi connectivity index (χ2n) is 5.46. The number of hydrogen-bond acceptors (Lipinski definition) is 3. The Labute approximate surface area is 125 Å². The predicted molar refractivity (Wildman–Crippen MR) is 78.4 cm³/mol. The topological polar surface area (TPSA) is 49.9 Å². The fraction of sp³-hybridized carbons (Fsp3) is 0.571. The Kier molecular flexibility index (Phi) is 4.98. The number of halogens is 1. The Morgan fingerprint density at radius 3 is 2.29 bits per heavy atom. The summed E-state index contributed by atoms with van der Waals surface area (Å²) in [6.45, 7) is 4.62. The first kappa shape index (κ1) is 16.4. The molecule has 0 spiro atoms. The van der Waals surface area contributed by atoms with Gasteiger partial charge in [0.1, 0.15) is 5.82 Å². The van der Waals surface area contributed by atoms with Crippen LogP contribution in [0, 0.1) is 5.82 Å². The van der Waals surface area contributed by atoms with Crippen molar-refractivity contribution in [1.29, 1.82) is 0 Å². The van der Waals surface area contributed by atoms with Gasteiger partial charge in [-0.2, -0.15) is 17.0 Å². The quantitative estimate of drug-likeness (QED) is 0.848. The summed E-state index contributed by atoms with van der Waals surface area (Å²) in [7, 11) is -2.01. The van der Waals surface area contributed by atoms with Gasteiger partial charge in [-0.05, 0) is 31.5 Å². The summed E-state index contributed by atoms with van der Waals surface area (Å²) >= 11 is 0. The molecule has 1 aliphatic heterocycles. The second kappa shape index (κ2) is 6.39. The van der Waals surface area contributed by atoms with Crippen molar-refractivity contribution in [2.24, 2.45) is 0 Å². The highest BCUT2D eigenvalue weighted by molar-refractivity contribution is 7.86. The van der Waals surface area contributed by atoms with E-state index in [1.54, 1.807) is 12.1 Å². The van der Waals surface area contributed by atoms with E-state index in [1.165, 1.54) is 27.8 Å². The summed E-state index contributed by atoms with van der Waals surface area (Å²) < 4.78 is 46.3. The van der Waals surface area contributed by atoms with Gasteiger partial charge in [0.2, 0.25) is 0 Å². The van der Waals surface area contributed by atoms with Crippen LogP contribution in [-0.2, 0) is 21.5 Å². The zero-order valence-electron chi connectivity index (χ0n) is 12.5. The molecule has 1 aliphatic rings. The molecule has 0 amide bonds. The first-order chi connectivity index (χ1) is 9.79. The lowest BCUT2D eigenvalue weighted by Crippen LogP contribution is -2.52. The van der Waals surface area contributed by atoms with Crippen molar-refractivity contribution in [3.63, 3.8) is 0 Å². The van der Waals surface area contributed by atoms with Gasteiger partial charge in [-0.3, -0.25) is 0 Å². The molecule has 0 aliphatic carbocycles. The first-order valence-electron chi connectivity index (χ1n) is 6.90. The number of hydrogen-bond donors (Lipinski definition) is 0. The van der Waals surface area contributed by atoms with Gasteiger partial charge in [0.05, 0.1) is 12.2 Å². The Hall–Kier alpha value is -1.02. The Morgan fingerprint density at radius 2 is 1.76 bits per heavy atom. The minimum absolute atomic E-state index is 0.122. The van der Waals surface area contributed by atoms with E-state index in [-0.39, 0.29) is 24.6 Å². The lowest BCUT2D eigenvalue weighted by atomic mass is 10.2. The van der Waals surface area contributed by atoms with Gasteiger partial charge in [0.15, 0.2) is 0 Å². The normalized spacial score (nSPS) is 24.4. The van der Waals surface area contributed by atoms with Gasteiger partial charge in [-0.15, -0.1) is 0 Å². The van der Waals surface area contributed by atoms with Gasteiger partial charge < -0.3 is 4.74 Å². The third-order valence-electron chi connectivity index (χ3n) is 3.42. The van der Waals surface area contributed by atoms with E-state index in [0.29, 0.717) is 13.1 Å². The van der Waals surface area contributed by atoms with Crippen LogP contribution in [-0.4, -0.2) is 49.4 Å². The summed E-state index contributed by atoms with van der Waals surface area (Å²) in [4.78, 5) is 0. The fourth-order valence-corrected chi connectivity index (χ4v) is 3.95. The second-order valence-corrected chi connectivity index (χ2v) is 7.50. The maximum absolute atomic E-state index is 12.9. The van der Waals surface area contributed by atoms with Crippen LogP contribution in [0.5, 0.6) is 0 Å².